The first-order chi connectivity index (χ1) is 8.15. The molecule has 0 fully saturated rings. The Morgan fingerprint density at radius 3 is 2.65 bits per heavy atom. The molecule has 94 valence electrons. The second-order valence-electron chi connectivity index (χ2n) is 3.68. The van der Waals surface area contributed by atoms with Crippen LogP contribution >= 0.6 is 11.6 Å². The fourth-order valence-corrected chi connectivity index (χ4v) is 2.02. The summed E-state index contributed by atoms with van der Waals surface area (Å²) in [5.41, 5.74) is 6.94. The quantitative estimate of drug-likeness (QED) is 0.793. The molecule has 1 aromatic rings. The summed E-state index contributed by atoms with van der Waals surface area (Å²) in [7, 11) is 3.13. The Morgan fingerprint density at radius 2 is 2.12 bits per heavy atom. The minimum Gasteiger partial charge on any atom is -0.493 e. The van der Waals surface area contributed by atoms with E-state index in [1.807, 2.05) is 18.2 Å². The largest absolute Gasteiger partial charge is 0.493 e. The Balaban J connectivity index is 3.05. The standard InChI is InChI=1S/C13H18ClNO2/c1-4-5-6-10(15)9-7-8-11(16-2)13(17-3)12(9)14/h4,7-8,10H,1,5-6,15H2,2-3H3/t10-/m1/s1. The third kappa shape index (κ3) is 3.14. The Morgan fingerprint density at radius 1 is 1.41 bits per heavy atom. The van der Waals surface area contributed by atoms with Crippen molar-refractivity contribution >= 4 is 11.6 Å². The molecule has 0 amide bonds. The summed E-state index contributed by atoms with van der Waals surface area (Å²) in [5, 5.41) is 0.517. The molecule has 0 saturated heterocycles. The van der Waals surface area contributed by atoms with E-state index in [-0.39, 0.29) is 6.04 Å². The molecule has 17 heavy (non-hydrogen) atoms. The number of nitrogens with two attached hydrogens (primary N) is 1. The van der Waals surface area contributed by atoms with Gasteiger partial charge in [-0.25, -0.2) is 0 Å². The van der Waals surface area contributed by atoms with Gasteiger partial charge in [0.2, 0.25) is 0 Å². The number of hydrogen-bond acceptors (Lipinski definition) is 3. The highest BCUT2D eigenvalue weighted by Gasteiger charge is 2.17. The fraction of sp³-hybridized carbons (Fsp3) is 0.385. The molecule has 0 bridgehead atoms. The summed E-state index contributed by atoms with van der Waals surface area (Å²) in [6, 6.07) is 3.56. The molecule has 4 heteroatoms. The maximum atomic E-state index is 6.26. The molecular weight excluding hydrogens is 238 g/mol. The van der Waals surface area contributed by atoms with E-state index in [4.69, 9.17) is 26.8 Å². The van der Waals surface area contributed by atoms with Crippen LogP contribution in [0.5, 0.6) is 11.5 Å². The highest BCUT2D eigenvalue weighted by Crippen LogP contribution is 2.39. The van der Waals surface area contributed by atoms with E-state index < -0.39 is 0 Å². The van der Waals surface area contributed by atoms with Crippen LogP contribution in [0.3, 0.4) is 0 Å². The first-order valence-corrected chi connectivity index (χ1v) is 5.80. The van der Waals surface area contributed by atoms with Crippen molar-refractivity contribution in [3.8, 4) is 11.5 Å². The van der Waals surface area contributed by atoms with Crippen molar-refractivity contribution in [2.24, 2.45) is 5.73 Å². The van der Waals surface area contributed by atoms with Crippen LogP contribution in [0.4, 0.5) is 0 Å². The van der Waals surface area contributed by atoms with Crippen LogP contribution in [0.25, 0.3) is 0 Å². The van der Waals surface area contributed by atoms with Crippen LogP contribution in [0.2, 0.25) is 5.02 Å². The molecule has 0 aliphatic heterocycles. The number of rotatable bonds is 6. The smallest absolute Gasteiger partial charge is 0.179 e. The number of ether oxygens (including phenoxy) is 2. The molecule has 0 aromatic heterocycles. The van der Waals surface area contributed by atoms with E-state index in [2.05, 4.69) is 6.58 Å². The maximum Gasteiger partial charge on any atom is 0.179 e. The van der Waals surface area contributed by atoms with E-state index in [9.17, 15) is 0 Å². The van der Waals surface area contributed by atoms with Crippen molar-refractivity contribution in [2.45, 2.75) is 18.9 Å². The van der Waals surface area contributed by atoms with Crippen LogP contribution in [-0.2, 0) is 0 Å². The summed E-state index contributed by atoms with van der Waals surface area (Å²) >= 11 is 6.26. The van der Waals surface area contributed by atoms with Crippen molar-refractivity contribution in [1.29, 1.82) is 0 Å². The van der Waals surface area contributed by atoms with Gasteiger partial charge in [0, 0.05) is 6.04 Å². The average molecular weight is 256 g/mol. The molecule has 0 aliphatic rings. The highest BCUT2D eigenvalue weighted by molar-refractivity contribution is 6.33. The summed E-state index contributed by atoms with van der Waals surface area (Å²) < 4.78 is 10.4. The van der Waals surface area contributed by atoms with Crippen molar-refractivity contribution in [2.75, 3.05) is 14.2 Å². The lowest BCUT2D eigenvalue weighted by molar-refractivity contribution is 0.354. The van der Waals surface area contributed by atoms with Crippen molar-refractivity contribution < 1.29 is 9.47 Å². The Labute approximate surface area is 107 Å². The normalized spacial score (nSPS) is 12.0. The topological polar surface area (TPSA) is 44.5 Å². The number of benzene rings is 1. The van der Waals surface area contributed by atoms with Crippen LogP contribution in [-0.4, -0.2) is 14.2 Å². The predicted octanol–water partition coefficient (Wildman–Crippen LogP) is 3.32. The first kappa shape index (κ1) is 13.9. The third-order valence-corrected chi connectivity index (χ3v) is 2.99. The maximum absolute atomic E-state index is 6.26. The number of halogens is 1. The third-order valence-electron chi connectivity index (χ3n) is 2.60. The zero-order chi connectivity index (χ0) is 12.8. The Hall–Kier alpha value is -1.19. The predicted molar refractivity (Wildman–Crippen MR) is 70.9 cm³/mol. The van der Waals surface area contributed by atoms with Gasteiger partial charge in [0.25, 0.3) is 0 Å². The molecule has 2 N–H and O–H groups in total. The second-order valence-corrected chi connectivity index (χ2v) is 4.05. The van der Waals surface area contributed by atoms with Crippen LogP contribution < -0.4 is 15.2 Å². The zero-order valence-electron chi connectivity index (χ0n) is 10.2. The van der Waals surface area contributed by atoms with Gasteiger partial charge in [-0.2, -0.15) is 0 Å². The second kappa shape index (κ2) is 6.52. The molecule has 1 atom stereocenters. The Kier molecular flexibility index (Phi) is 5.32. The van der Waals surface area contributed by atoms with Crippen molar-refractivity contribution in [3.63, 3.8) is 0 Å². The van der Waals surface area contributed by atoms with E-state index >= 15 is 0 Å². The van der Waals surface area contributed by atoms with Gasteiger partial charge < -0.3 is 15.2 Å². The van der Waals surface area contributed by atoms with E-state index in [0.717, 1.165) is 18.4 Å². The Bertz CT molecular complexity index is 393. The molecule has 1 rings (SSSR count). The van der Waals surface area contributed by atoms with Gasteiger partial charge in [-0.15, -0.1) is 6.58 Å². The molecule has 1 aromatic carbocycles. The van der Waals surface area contributed by atoms with Gasteiger partial charge in [0.15, 0.2) is 11.5 Å². The summed E-state index contributed by atoms with van der Waals surface area (Å²) in [4.78, 5) is 0. The summed E-state index contributed by atoms with van der Waals surface area (Å²) in [6.45, 7) is 3.68. The molecule has 0 spiro atoms. The van der Waals surface area contributed by atoms with Gasteiger partial charge in [0.05, 0.1) is 19.2 Å². The molecule has 0 heterocycles. The lowest BCUT2D eigenvalue weighted by atomic mass is 10.0. The average Bonchev–Trinajstić information content (AvgIpc) is 2.35. The highest BCUT2D eigenvalue weighted by atomic mass is 35.5. The number of hydrogen-bond donors (Lipinski definition) is 1. The minimum atomic E-state index is -0.125. The van der Waals surface area contributed by atoms with Crippen LogP contribution in [0, 0.1) is 0 Å². The first-order valence-electron chi connectivity index (χ1n) is 5.42. The van der Waals surface area contributed by atoms with E-state index in [0.29, 0.717) is 16.5 Å². The molecular formula is C13H18ClNO2. The summed E-state index contributed by atoms with van der Waals surface area (Å²) in [6.07, 6.45) is 3.50. The van der Waals surface area contributed by atoms with Crippen molar-refractivity contribution in [1.82, 2.24) is 0 Å². The van der Waals surface area contributed by atoms with Gasteiger partial charge in [0.1, 0.15) is 0 Å². The van der Waals surface area contributed by atoms with Gasteiger partial charge >= 0.3 is 0 Å². The molecule has 3 nitrogen and oxygen atoms in total. The van der Waals surface area contributed by atoms with Crippen LogP contribution in [0.1, 0.15) is 24.4 Å². The van der Waals surface area contributed by atoms with Crippen LogP contribution in [0.15, 0.2) is 24.8 Å². The zero-order valence-corrected chi connectivity index (χ0v) is 11.0. The lowest BCUT2D eigenvalue weighted by Crippen LogP contribution is -2.11. The van der Waals surface area contributed by atoms with Gasteiger partial charge in [-0.3, -0.25) is 0 Å². The van der Waals surface area contributed by atoms with Crippen molar-refractivity contribution in [3.05, 3.63) is 35.4 Å². The monoisotopic (exact) mass is 255 g/mol. The van der Waals surface area contributed by atoms with E-state index in [1.165, 1.54) is 0 Å². The summed E-state index contributed by atoms with van der Waals surface area (Å²) in [5.74, 6) is 1.14. The van der Waals surface area contributed by atoms with E-state index in [1.54, 1.807) is 14.2 Å². The SMILES string of the molecule is C=CCC[C@@H](N)c1ccc(OC)c(OC)c1Cl. The molecule has 0 unspecified atom stereocenters. The molecule has 0 aliphatic carbocycles. The number of methoxy groups -OCH3 is 2. The minimum absolute atomic E-state index is 0.125. The molecule has 0 radical (unpaired) electrons. The van der Waals surface area contributed by atoms with Gasteiger partial charge in [-0.1, -0.05) is 23.7 Å². The lowest BCUT2D eigenvalue weighted by Gasteiger charge is -2.17. The molecule has 0 saturated carbocycles. The number of allylic oxidation sites excluding steroid dienone is 1. The fourth-order valence-electron chi connectivity index (χ4n) is 1.64. The van der Waals surface area contributed by atoms with Gasteiger partial charge in [-0.05, 0) is 24.5 Å².